The summed E-state index contributed by atoms with van der Waals surface area (Å²) in [6, 6.07) is 17.7. The van der Waals surface area contributed by atoms with Crippen molar-refractivity contribution in [2.75, 3.05) is 5.32 Å². The van der Waals surface area contributed by atoms with Gasteiger partial charge in [0.2, 0.25) is 5.91 Å². The average Bonchev–Trinajstić information content (AvgIpc) is 3.10. The molecule has 0 atom stereocenters. The van der Waals surface area contributed by atoms with Crippen molar-refractivity contribution in [2.24, 2.45) is 0 Å². The molecular formula is C21H15F3N4O2. The maximum Gasteiger partial charge on any atom is 0.433 e. The van der Waals surface area contributed by atoms with Gasteiger partial charge in [0.15, 0.2) is 5.65 Å². The van der Waals surface area contributed by atoms with Gasteiger partial charge in [-0.15, -0.1) is 0 Å². The summed E-state index contributed by atoms with van der Waals surface area (Å²) < 4.78 is 41.6. The van der Waals surface area contributed by atoms with Gasteiger partial charge in [-0.25, -0.2) is 9.50 Å². The highest BCUT2D eigenvalue weighted by Crippen LogP contribution is 2.38. The van der Waals surface area contributed by atoms with Crippen LogP contribution in [0.15, 0.2) is 71.5 Å². The summed E-state index contributed by atoms with van der Waals surface area (Å²) in [5.41, 5.74) is -1.37. The Morgan fingerprint density at radius 2 is 1.67 bits per heavy atom. The number of benzene rings is 2. The molecule has 30 heavy (non-hydrogen) atoms. The number of anilines is 1. The lowest BCUT2D eigenvalue weighted by atomic mass is 10.1. The van der Waals surface area contributed by atoms with Gasteiger partial charge in [0, 0.05) is 6.07 Å². The Labute approximate surface area is 168 Å². The summed E-state index contributed by atoms with van der Waals surface area (Å²) in [5, 5.41) is 4.59. The SMILES string of the molecule is O=C(Cc1ccccc1)Nc1cc(=O)n2[nH]c(C(F)(F)F)c(-c3ccccc3)c2n1. The molecule has 0 saturated carbocycles. The van der Waals surface area contributed by atoms with Crippen molar-refractivity contribution in [3.63, 3.8) is 0 Å². The smallest absolute Gasteiger partial charge is 0.310 e. The Balaban J connectivity index is 1.79. The number of alkyl halides is 3. The van der Waals surface area contributed by atoms with E-state index in [-0.39, 0.29) is 29.0 Å². The molecule has 4 rings (SSSR count). The zero-order chi connectivity index (χ0) is 21.3. The number of aromatic amines is 1. The Kier molecular flexibility index (Phi) is 4.86. The zero-order valence-electron chi connectivity index (χ0n) is 15.4. The first-order valence-corrected chi connectivity index (χ1v) is 8.95. The lowest BCUT2D eigenvalue weighted by Gasteiger charge is -2.07. The normalized spacial score (nSPS) is 11.6. The number of carbonyl (C=O) groups excluding carboxylic acids is 1. The van der Waals surface area contributed by atoms with E-state index < -0.39 is 23.3 Å². The number of nitrogens with zero attached hydrogens (tertiary/aromatic N) is 2. The molecule has 6 nitrogen and oxygen atoms in total. The Hall–Kier alpha value is -3.88. The molecule has 0 spiro atoms. The molecule has 152 valence electrons. The van der Waals surface area contributed by atoms with Gasteiger partial charge in [0.05, 0.1) is 12.0 Å². The highest BCUT2D eigenvalue weighted by atomic mass is 19.4. The molecule has 9 heteroatoms. The molecule has 0 aliphatic carbocycles. The van der Waals surface area contributed by atoms with Crippen LogP contribution in [0.3, 0.4) is 0 Å². The highest BCUT2D eigenvalue weighted by Gasteiger charge is 2.38. The summed E-state index contributed by atoms with van der Waals surface area (Å²) in [4.78, 5) is 28.9. The number of nitrogens with one attached hydrogen (secondary N) is 2. The lowest BCUT2D eigenvalue weighted by Crippen LogP contribution is -2.20. The zero-order valence-corrected chi connectivity index (χ0v) is 15.4. The second-order valence-corrected chi connectivity index (χ2v) is 6.57. The predicted octanol–water partition coefficient (Wildman–Crippen LogP) is 3.89. The second kappa shape index (κ2) is 7.51. The van der Waals surface area contributed by atoms with Crippen LogP contribution in [-0.4, -0.2) is 20.5 Å². The third-order valence-electron chi connectivity index (χ3n) is 4.44. The van der Waals surface area contributed by atoms with Gasteiger partial charge in [0.25, 0.3) is 5.56 Å². The minimum absolute atomic E-state index is 0.0361. The van der Waals surface area contributed by atoms with Crippen LogP contribution in [0.4, 0.5) is 19.0 Å². The predicted molar refractivity (Wildman–Crippen MR) is 105 cm³/mol. The first-order valence-electron chi connectivity index (χ1n) is 8.95. The molecule has 2 heterocycles. The highest BCUT2D eigenvalue weighted by molar-refractivity contribution is 5.92. The number of H-pyrrole nitrogens is 1. The fraction of sp³-hybridized carbons (Fsp3) is 0.0952. The third kappa shape index (κ3) is 3.82. The van der Waals surface area contributed by atoms with E-state index in [2.05, 4.69) is 15.4 Å². The van der Waals surface area contributed by atoms with E-state index in [4.69, 9.17) is 0 Å². The molecule has 0 radical (unpaired) electrons. The molecule has 2 aromatic carbocycles. The minimum atomic E-state index is -4.73. The summed E-state index contributed by atoms with van der Waals surface area (Å²) in [7, 11) is 0. The van der Waals surface area contributed by atoms with Crippen LogP contribution in [0, 0.1) is 0 Å². The Bertz CT molecular complexity index is 1260. The van der Waals surface area contributed by atoms with Crippen LogP contribution in [0.2, 0.25) is 0 Å². The number of fused-ring (bicyclic) bond motifs is 1. The molecule has 0 aliphatic rings. The van der Waals surface area contributed by atoms with Crippen LogP contribution < -0.4 is 10.9 Å². The molecule has 0 saturated heterocycles. The standard InChI is InChI=1S/C21H15F3N4O2/c22-21(23,24)19-18(14-9-5-2-6-10-14)20-26-15(12-17(30)28(20)27-19)25-16(29)11-13-7-3-1-4-8-13/h1-10,12,27H,11H2,(H,25,29). The second-order valence-electron chi connectivity index (χ2n) is 6.57. The first kappa shape index (κ1) is 19.4. The van der Waals surface area contributed by atoms with Crippen molar-refractivity contribution < 1.29 is 18.0 Å². The number of amides is 1. The number of aromatic nitrogens is 3. The van der Waals surface area contributed by atoms with Crippen LogP contribution >= 0.6 is 0 Å². The number of hydrogen-bond donors (Lipinski definition) is 2. The Morgan fingerprint density at radius 1 is 1.03 bits per heavy atom. The third-order valence-corrected chi connectivity index (χ3v) is 4.44. The summed E-state index contributed by atoms with van der Waals surface area (Å²) >= 11 is 0. The summed E-state index contributed by atoms with van der Waals surface area (Å²) in [6.45, 7) is 0. The average molecular weight is 412 g/mol. The first-order chi connectivity index (χ1) is 14.3. The quantitative estimate of drug-likeness (QED) is 0.534. The van der Waals surface area contributed by atoms with Crippen LogP contribution in [-0.2, 0) is 17.4 Å². The molecular weight excluding hydrogens is 397 g/mol. The van der Waals surface area contributed by atoms with E-state index in [1.54, 1.807) is 42.5 Å². The van der Waals surface area contributed by atoms with Gasteiger partial charge in [0.1, 0.15) is 11.5 Å². The van der Waals surface area contributed by atoms with Crippen molar-refractivity contribution in [1.82, 2.24) is 14.6 Å². The number of hydrogen-bond acceptors (Lipinski definition) is 3. The minimum Gasteiger partial charge on any atom is -0.310 e. The van der Waals surface area contributed by atoms with E-state index in [0.29, 0.717) is 0 Å². The molecule has 2 aromatic heterocycles. The molecule has 1 amide bonds. The van der Waals surface area contributed by atoms with Gasteiger partial charge in [-0.2, -0.15) is 13.2 Å². The fourth-order valence-electron chi connectivity index (χ4n) is 3.15. The van der Waals surface area contributed by atoms with E-state index in [1.165, 1.54) is 12.1 Å². The van der Waals surface area contributed by atoms with Gasteiger partial charge < -0.3 is 5.32 Å². The number of carbonyl (C=O) groups is 1. The van der Waals surface area contributed by atoms with E-state index in [1.807, 2.05) is 6.07 Å². The molecule has 0 aliphatic heterocycles. The van der Waals surface area contributed by atoms with Gasteiger partial charge in [-0.1, -0.05) is 60.7 Å². The Morgan fingerprint density at radius 3 is 2.30 bits per heavy atom. The van der Waals surface area contributed by atoms with E-state index in [0.717, 1.165) is 16.1 Å². The maximum atomic E-state index is 13.6. The lowest BCUT2D eigenvalue weighted by molar-refractivity contribution is -0.140. The van der Waals surface area contributed by atoms with Crippen LogP contribution in [0.5, 0.6) is 0 Å². The molecule has 2 N–H and O–H groups in total. The number of rotatable bonds is 4. The number of halogens is 3. The van der Waals surface area contributed by atoms with E-state index >= 15 is 0 Å². The van der Waals surface area contributed by atoms with Gasteiger partial charge >= 0.3 is 6.18 Å². The molecule has 0 unspecified atom stereocenters. The van der Waals surface area contributed by atoms with Crippen molar-refractivity contribution in [3.05, 3.63) is 88.3 Å². The monoisotopic (exact) mass is 412 g/mol. The molecule has 0 fully saturated rings. The van der Waals surface area contributed by atoms with Gasteiger partial charge in [-0.3, -0.25) is 14.7 Å². The largest absolute Gasteiger partial charge is 0.433 e. The van der Waals surface area contributed by atoms with E-state index in [9.17, 15) is 22.8 Å². The topological polar surface area (TPSA) is 79.3 Å². The van der Waals surface area contributed by atoms with Crippen LogP contribution in [0.25, 0.3) is 16.8 Å². The summed E-state index contributed by atoms with van der Waals surface area (Å²) in [5.74, 6) is -0.559. The van der Waals surface area contributed by atoms with Crippen LogP contribution in [0.1, 0.15) is 11.3 Å². The van der Waals surface area contributed by atoms with Crippen molar-refractivity contribution in [3.8, 4) is 11.1 Å². The van der Waals surface area contributed by atoms with Crippen molar-refractivity contribution in [2.45, 2.75) is 12.6 Å². The summed E-state index contributed by atoms with van der Waals surface area (Å²) in [6.07, 6.45) is -4.70. The van der Waals surface area contributed by atoms with Crippen molar-refractivity contribution >= 4 is 17.4 Å². The maximum absolute atomic E-state index is 13.6. The van der Waals surface area contributed by atoms with Gasteiger partial charge in [-0.05, 0) is 11.1 Å². The fourth-order valence-corrected chi connectivity index (χ4v) is 3.15. The van der Waals surface area contributed by atoms with Crippen molar-refractivity contribution in [1.29, 1.82) is 0 Å². The molecule has 4 aromatic rings. The molecule has 0 bridgehead atoms.